The molecule has 1 saturated carbocycles. The maximum Gasteiger partial charge on any atom is 0.121 e. The molecule has 0 heterocycles. The molecule has 0 saturated heterocycles. The summed E-state index contributed by atoms with van der Waals surface area (Å²) in [4.78, 5) is 0. The molecule has 0 amide bonds. The number of methoxy groups -OCH3 is 1. The van der Waals surface area contributed by atoms with E-state index in [0.717, 1.165) is 24.3 Å². The number of ether oxygens (including phenoxy) is 1. The van der Waals surface area contributed by atoms with E-state index in [1.54, 1.807) is 7.11 Å². The average molecular weight is 258 g/mol. The summed E-state index contributed by atoms with van der Waals surface area (Å²) in [6.45, 7) is 4.66. The minimum Gasteiger partial charge on any atom is -0.497 e. The molecule has 0 spiro atoms. The molecule has 2 rings (SSSR count). The van der Waals surface area contributed by atoms with Crippen molar-refractivity contribution >= 4 is 5.69 Å². The number of hydrogen-bond acceptors (Lipinski definition) is 3. The van der Waals surface area contributed by atoms with Gasteiger partial charge in [0.2, 0.25) is 0 Å². The predicted molar refractivity (Wildman–Crippen MR) is 77.4 cm³/mol. The standard InChI is InChI=1S/C16H22N2O/c1-16(2)8-6-13(7-9-16)18-15-10-14(19-3)5-4-12(15)11-17/h4-5,10,13,18H,6-9H2,1-3H3. The molecule has 1 aromatic carbocycles. The van der Waals surface area contributed by atoms with Gasteiger partial charge in [-0.3, -0.25) is 0 Å². The predicted octanol–water partition coefficient (Wildman–Crippen LogP) is 3.95. The van der Waals surface area contributed by atoms with Gasteiger partial charge in [-0.25, -0.2) is 0 Å². The van der Waals surface area contributed by atoms with E-state index in [0.29, 0.717) is 17.0 Å². The van der Waals surface area contributed by atoms with E-state index >= 15 is 0 Å². The van der Waals surface area contributed by atoms with E-state index in [1.807, 2.05) is 18.2 Å². The van der Waals surface area contributed by atoms with Gasteiger partial charge in [0.05, 0.1) is 18.4 Å². The number of nitrogens with zero attached hydrogens (tertiary/aromatic N) is 1. The lowest BCUT2D eigenvalue weighted by atomic mass is 9.75. The third kappa shape index (κ3) is 3.41. The molecule has 102 valence electrons. The Morgan fingerprint density at radius 1 is 1.32 bits per heavy atom. The molecular weight excluding hydrogens is 236 g/mol. The van der Waals surface area contributed by atoms with Gasteiger partial charge in [-0.2, -0.15) is 5.26 Å². The molecule has 3 nitrogen and oxygen atoms in total. The average Bonchev–Trinajstić information content (AvgIpc) is 2.41. The monoisotopic (exact) mass is 258 g/mol. The lowest BCUT2D eigenvalue weighted by Gasteiger charge is -2.35. The summed E-state index contributed by atoms with van der Waals surface area (Å²) in [6.07, 6.45) is 4.79. The second-order valence-corrected chi connectivity index (χ2v) is 6.11. The van der Waals surface area contributed by atoms with Crippen LogP contribution >= 0.6 is 0 Å². The zero-order valence-corrected chi connectivity index (χ0v) is 12.0. The van der Waals surface area contributed by atoms with Crippen molar-refractivity contribution in [1.29, 1.82) is 5.26 Å². The summed E-state index contributed by atoms with van der Waals surface area (Å²) in [5, 5.41) is 12.7. The maximum absolute atomic E-state index is 9.16. The maximum atomic E-state index is 9.16. The van der Waals surface area contributed by atoms with Crippen LogP contribution < -0.4 is 10.1 Å². The fraction of sp³-hybridized carbons (Fsp3) is 0.562. The summed E-state index contributed by atoms with van der Waals surface area (Å²) in [5.74, 6) is 0.789. The minimum atomic E-state index is 0.463. The highest BCUT2D eigenvalue weighted by Gasteiger charge is 2.27. The number of benzene rings is 1. The van der Waals surface area contributed by atoms with Crippen molar-refractivity contribution in [3.63, 3.8) is 0 Å². The summed E-state index contributed by atoms with van der Waals surface area (Å²) in [5.41, 5.74) is 2.04. The van der Waals surface area contributed by atoms with Crippen molar-refractivity contribution in [2.24, 2.45) is 5.41 Å². The molecule has 0 atom stereocenters. The number of nitrogens with one attached hydrogen (secondary N) is 1. The van der Waals surface area contributed by atoms with Gasteiger partial charge in [-0.15, -0.1) is 0 Å². The normalized spacial score (nSPS) is 18.6. The Balaban J connectivity index is 2.09. The summed E-state index contributed by atoms with van der Waals surface area (Å²) in [6, 6.07) is 8.26. The van der Waals surface area contributed by atoms with Gasteiger partial charge in [0.15, 0.2) is 0 Å². The molecule has 1 N–H and O–H groups in total. The van der Waals surface area contributed by atoms with E-state index in [1.165, 1.54) is 12.8 Å². The molecule has 0 aromatic heterocycles. The van der Waals surface area contributed by atoms with Crippen molar-refractivity contribution in [2.45, 2.75) is 45.6 Å². The Morgan fingerprint density at radius 3 is 2.58 bits per heavy atom. The molecule has 1 aliphatic rings. The van der Waals surface area contributed by atoms with Gasteiger partial charge in [-0.05, 0) is 43.2 Å². The van der Waals surface area contributed by atoms with Crippen LogP contribution in [0.1, 0.15) is 45.1 Å². The first kappa shape index (κ1) is 13.7. The summed E-state index contributed by atoms with van der Waals surface area (Å²) < 4.78 is 5.23. The third-order valence-electron chi connectivity index (χ3n) is 4.05. The van der Waals surface area contributed by atoms with Crippen molar-refractivity contribution in [3.8, 4) is 11.8 Å². The van der Waals surface area contributed by atoms with Gasteiger partial charge >= 0.3 is 0 Å². The van der Waals surface area contributed by atoms with E-state index in [-0.39, 0.29) is 0 Å². The second-order valence-electron chi connectivity index (χ2n) is 6.11. The molecule has 1 fully saturated rings. The van der Waals surface area contributed by atoms with E-state index in [4.69, 9.17) is 10.00 Å². The molecular formula is C16H22N2O. The molecule has 0 bridgehead atoms. The minimum absolute atomic E-state index is 0.463. The highest BCUT2D eigenvalue weighted by molar-refractivity contribution is 5.60. The molecule has 3 heteroatoms. The molecule has 0 aliphatic heterocycles. The molecule has 1 aliphatic carbocycles. The zero-order valence-electron chi connectivity index (χ0n) is 12.0. The SMILES string of the molecule is COc1ccc(C#N)c(NC2CCC(C)(C)CC2)c1. The van der Waals surface area contributed by atoms with E-state index in [9.17, 15) is 0 Å². The third-order valence-corrected chi connectivity index (χ3v) is 4.05. The van der Waals surface area contributed by atoms with Gasteiger partial charge in [0, 0.05) is 12.1 Å². The number of hydrogen-bond donors (Lipinski definition) is 1. The molecule has 1 aromatic rings. The van der Waals surface area contributed by atoms with Crippen LogP contribution in [0.5, 0.6) is 5.75 Å². The van der Waals surface area contributed by atoms with E-state index < -0.39 is 0 Å². The van der Waals surface area contributed by atoms with Crippen LogP contribution in [0.4, 0.5) is 5.69 Å². The van der Waals surface area contributed by atoms with Crippen molar-refractivity contribution in [1.82, 2.24) is 0 Å². The Bertz CT molecular complexity index is 478. The largest absolute Gasteiger partial charge is 0.497 e. The van der Waals surface area contributed by atoms with Crippen LogP contribution in [0, 0.1) is 16.7 Å². The first-order chi connectivity index (χ1) is 9.04. The smallest absolute Gasteiger partial charge is 0.121 e. The van der Waals surface area contributed by atoms with Crippen molar-refractivity contribution in [2.75, 3.05) is 12.4 Å². The number of rotatable bonds is 3. The highest BCUT2D eigenvalue weighted by Crippen LogP contribution is 2.36. The zero-order chi connectivity index (χ0) is 13.9. The first-order valence-corrected chi connectivity index (χ1v) is 6.89. The van der Waals surface area contributed by atoms with Crippen molar-refractivity contribution < 1.29 is 4.74 Å². The lowest BCUT2D eigenvalue weighted by Crippen LogP contribution is -2.30. The van der Waals surface area contributed by atoms with Crippen LogP contribution in [-0.4, -0.2) is 13.2 Å². The molecule has 19 heavy (non-hydrogen) atoms. The summed E-state index contributed by atoms with van der Waals surface area (Å²) >= 11 is 0. The highest BCUT2D eigenvalue weighted by atomic mass is 16.5. The van der Waals surface area contributed by atoms with Crippen LogP contribution in [-0.2, 0) is 0 Å². The second kappa shape index (κ2) is 5.52. The topological polar surface area (TPSA) is 45.0 Å². The Labute approximate surface area is 115 Å². The molecule has 0 unspecified atom stereocenters. The quantitative estimate of drug-likeness (QED) is 0.893. The Hall–Kier alpha value is -1.69. The fourth-order valence-corrected chi connectivity index (χ4v) is 2.63. The van der Waals surface area contributed by atoms with Gasteiger partial charge in [0.1, 0.15) is 11.8 Å². The Morgan fingerprint density at radius 2 is 2.00 bits per heavy atom. The fourth-order valence-electron chi connectivity index (χ4n) is 2.63. The van der Waals surface area contributed by atoms with Gasteiger partial charge < -0.3 is 10.1 Å². The van der Waals surface area contributed by atoms with Crippen LogP contribution in [0.25, 0.3) is 0 Å². The van der Waals surface area contributed by atoms with E-state index in [2.05, 4.69) is 25.2 Å². The molecule has 0 radical (unpaired) electrons. The lowest BCUT2D eigenvalue weighted by molar-refractivity contribution is 0.232. The first-order valence-electron chi connectivity index (χ1n) is 6.89. The summed E-state index contributed by atoms with van der Waals surface area (Å²) in [7, 11) is 1.65. The Kier molecular flexibility index (Phi) is 3.99. The van der Waals surface area contributed by atoms with Crippen LogP contribution in [0.2, 0.25) is 0 Å². The van der Waals surface area contributed by atoms with Crippen LogP contribution in [0.3, 0.4) is 0 Å². The van der Waals surface area contributed by atoms with Crippen LogP contribution in [0.15, 0.2) is 18.2 Å². The number of anilines is 1. The number of nitriles is 1. The van der Waals surface area contributed by atoms with Crippen molar-refractivity contribution in [3.05, 3.63) is 23.8 Å². The van der Waals surface area contributed by atoms with Gasteiger partial charge in [0.25, 0.3) is 0 Å². The van der Waals surface area contributed by atoms with Gasteiger partial charge in [-0.1, -0.05) is 13.8 Å².